The van der Waals surface area contributed by atoms with Crippen LogP contribution in [-0.2, 0) is 11.2 Å². The lowest BCUT2D eigenvalue weighted by Gasteiger charge is -2.01. The number of nitrogens with two attached hydrogens (primary N) is 1. The number of allylic oxidation sites excluding steroid dienone is 1. The van der Waals surface area contributed by atoms with Crippen LogP contribution in [0.2, 0.25) is 0 Å². The van der Waals surface area contributed by atoms with E-state index in [1.807, 2.05) is 24.3 Å². The van der Waals surface area contributed by atoms with Crippen LogP contribution < -0.4 is 10.5 Å². The Labute approximate surface area is 89.5 Å². The number of hydrogen-bond acceptors (Lipinski definition) is 2. The molecule has 0 radical (unpaired) electrons. The summed E-state index contributed by atoms with van der Waals surface area (Å²) in [5, 5.41) is 0. The molecule has 0 saturated carbocycles. The molecule has 0 aliphatic carbocycles. The molecule has 3 heteroatoms. The predicted octanol–water partition coefficient (Wildman–Crippen LogP) is 1.67. The standard InChI is InChI=1S/C12H15NO2/c1-15-11-8-6-10(7-9-11)4-2-3-5-12(13)14/h3,5-9H,2,4H2,1H3,(H2,13,14)/b5-3+. The Balaban J connectivity index is 2.41. The summed E-state index contributed by atoms with van der Waals surface area (Å²) < 4.78 is 5.05. The van der Waals surface area contributed by atoms with E-state index < -0.39 is 5.91 Å². The Hall–Kier alpha value is -1.77. The van der Waals surface area contributed by atoms with E-state index >= 15 is 0 Å². The predicted molar refractivity (Wildman–Crippen MR) is 59.6 cm³/mol. The fourth-order valence-corrected chi connectivity index (χ4v) is 1.24. The van der Waals surface area contributed by atoms with Gasteiger partial charge in [0.05, 0.1) is 7.11 Å². The van der Waals surface area contributed by atoms with E-state index in [0.29, 0.717) is 0 Å². The maximum Gasteiger partial charge on any atom is 0.241 e. The van der Waals surface area contributed by atoms with Gasteiger partial charge in [0.15, 0.2) is 0 Å². The second-order valence-corrected chi connectivity index (χ2v) is 3.19. The highest BCUT2D eigenvalue weighted by Crippen LogP contribution is 2.12. The molecule has 0 atom stereocenters. The number of amides is 1. The van der Waals surface area contributed by atoms with Gasteiger partial charge in [0.1, 0.15) is 5.75 Å². The minimum absolute atomic E-state index is 0.398. The molecule has 0 spiro atoms. The molecule has 3 nitrogen and oxygen atoms in total. The number of methoxy groups -OCH3 is 1. The summed E-state index contributed by atoms with van der Waals surface area (Å²) in [6.45, 7) is 0. The van der Waals surface area contributed by atoms with Crippen molar-refractivity contribution in [1.29, 1.82) is 0 Å². The average Bonchev–Trinajstić information content (AvgIpc) is 2.25. The van der Waals surface area contributed by atoms with Crippen molar-refractivity contribution in [2.75, 3.05) is 7.11 Å². The quantitative estimate of drug-likeness (QED) is 0.743. The zero-order chi connectivity index (χ0) is 11.1. The van der Waals surface area contributed by atoms with Crippen LogP contribution in [0.5, 0.6) is 5.75 Å². The Morgan fingerprint density at radius 3 is 2.60 bits per heavy atom. The van der Waals surface area contributed by atoms with Crippen LogP contribution in [-0.4, -0.2) is 13.0 Å². The van der Waals surface area contributed by atoms with Crippen LogP contribution in [0.3, 0.4) is 0 Å². The number of carbonyl (C=O) groups excluding carboxylic acids is 1. The van der Waals surface area contributed by atoms with Crippen molar-refractivity contribution in [3.8, 4) is 5.75 Å². The molecule has 0 heterocycles. The van der Waals surface area contributed by atoms with Crippen molar-refractivity contribution in [3.63, 3.8) is 0 Å². The Bertz CT molecular complexity index is 341. The zero-order valence-corrected chi connectivity index (χ0v) is 8.77. The number of benzene rings is 1. The molecule has 1 rings (SSSR count). The molecule has 80 valence electrons. The normalized spacial score (nSPS) is 10.5. The molecular formula is C12H15NO2. The summed E-state index contributed by atoms with van der Waals surface area (Å²) in [6, 6.07) is 7.87. The summed E-state index contributed by atoms with van der Waals surface area (Å²) in [4.78, 5) is 10.4. The third kappa shape index (κ3) is 4.31. The van der Waals surface area contributed by atoms with Gasteiger partial charge in [0.25, 0.3) is 0 Å². The van der Waals surface area contributed by atoms with Gasteiger partial charge in [-0.05, 0) is 36.6 Å². The lowest BCUT2D eigenvalue weighted by atomic mass is 10.1. The van der Waals surface area contributed by atoms with E-state index in [-0.39, 0.29) is 0 Å². The van der Waals surface area contributed by atoms with Crippen LogP contribution >= 0.6 is 0 Å². The van der Waals surface area contributed by atoms with Crippen molar-refractivity contribution in [1.82, 2.24) is 0 Å². The summed E-state index contributed by atoms with van der Waals surface area (Å²) in [6.07, 6.45) is 4.89. The third-order valence-electron chi connectivity index (χ3n) is 2.04. The molecule has 2 N–H and O–H groups in total. The number of rotatable bonds is 5. The molecule has 1 aromatic rings. The van der Waals surface area contributed by atoms with Crippen molar-refractivity contribution in [2.45, 2.75) is 12.8 Å². The van der Waals surface area contributed by atoms with Crippen molar-refractivity contribution in [3.05, 3.63) is 42.0 Å². The highest BCUT2D eigenvalue weighted by Gasteiger charge is 1.93. The van der Waals surface area contributed by atoms with Gasteiger partial charge in [-0.1, -0.05) is 18.2 Å². The highest BCUT2D eigenvalue weighted by molar-refractivity contribution is 5.85. The molecular weight excluding hydrogens is 190 g/mol. The van der Waals surface area contributed by atoms with Crippen LogP contribution in [0.15, 0.2) is 36.4 Å². The van der Waals surface area contributed by atoms with Gasteiger partial charge < -0.3 is 10.5 Å². The minimum atomic E-state index is -0.398. The van der Waals surface area contributed by atoms with Crippen LogP contribution in [0.1, 0.15) is 12.0 Å². The molecule has 0 aromatic heterocycles. The summed E-state index contributed by atoms with van der Waals surface area (Å²) in [5.41, 5.74) is 6.18. The largest absolute Gasteiger partial charge is 0.497 e. The number of aryl methyl sites for hydroxylation is 1. The van der Waals surface area contributed by atoms with E-state index in [1.54, 1.807) is 13.2 Å². The van der Waals surface area contributed by atoms with E-state index in [1.165, 1.54) is 11.6 Å². The lowest BCUT2D eigenvalue weighted by molar-refractivity contribution is -0.113. The smallest absolute Gasteiger partial charge is 0.241 e. The first-order chi connectivity index (χ1) is 7.22. The maximum absolute atomic E-state index is 10.4. The number of ether oxygens (including phenoxy) is 1. The molecule has 1 aromatic carbocycles. The van der Waals surface area contributed by atoms with Gasteiger partial charge in [0.2, 0.25) is 5.91 Å². The van der Waals surface area contributed by atoms with Crippen LogP contribution in [0.25, 0.3) is 0 Å². The Morgan fingerprint density at radius 2 is 2.07 bits per heavy atom. The summed E-state index contributed by atoms with van der Waals surface area (Å²) >= 11 is 0. The molecule has 0 unspecified atom stereocenters. The fourth-order valence-electron chi connectivity index (χ4n) is 1.24. The molecule has 0 aliphatic rings. The monoisotopic (exact) mass is 205 g/mol. The van der Waals surface area contributed by atoms with Crippen LogP contribution in [0, 0.1) is 0 Å². The lowest BCUT2D eigenvalue weighted by Crippen LogP contribution is -2.05. The van der Waals surface area contributed by atoms with Crippen molar-refractivity contribution < 1.29 is 9.53 Å². The SMILES string of the molecule is COc1ccc(CC/C=C/C(N)=O)cc1. The highest BCUT2D eigenvalue weighted by atomic mass is 16.5. The van der Waals surface area contributed by atoms with E-state index in [4.69, 9.17) is 10.5 Å². The Kier molecular flexibility index (Phi) is 4.41. The van der Waals surface area contributed by atoms with Crippen LogP contribution in [0.4, 0.5) is 0 Å². The number of primary amides is 1. The van der Waals surface area contributed by atoms with Gasteiger partial charge in [-0.3, -0.25) is 4.79 Å². The Morgan fingerprint density at radius 1 is 1.40 bits per heavy atom. The summed E-state index contributed by atoms with van der Waals surface area (Å²) in [5.74, 6) is 0.455. The zero-order valence-electron chi connectivity index (χ0n) is 8.77. The molecule has 0 fully saturated rings. The van der Waals surface area contributed by atoms with E-state index in [9.17, 15) is 4.79 Å². The minimum Gasteiger partial charge on any atom is -0.497 e. The molecule has 0 aliphatic heterocycles. The molecule has 15 heavy (non-hydrogen) atoms. The van der Waals surface area contributed by atoms with Gasteiger partial charge in [-0.2, -0.15) is 0 Å². The fraction of sp³-hybridized carbons (Fsp3) is 0.250. The average molecular weight is 205 g/mol. The maximum atomic E-state index is 10.4. The van der Waals surface area contributed by atoms with Gasteiger partial charge in [0, 0.05) is 0 Å². The second kappa shape index (κ2) is 5.86. The molecule has 0 saturated heterocycles. The third-order valence-corrected chi connectivity index (χ3v) is 2.04. The topological polar surface area (TPSA) is 52.3 Å². The second-order valence-electron chi connectivity index (χ2n) is 3.19. The van der Waals surface area contributed by atoms with Crippen molar-refractivity contribution >= 4 is 5.91 Å². The van der Waals surface area contributed by atoms with Crippen molar-refractivity contribution in [2.24, 2.45) is 5.73 Å². The number of carbonyl (C=O) groups is 1. The summed E-state index contributed by atoms with van der Waals surface area (Å²) in [7, 11) is 1.64. The number of hydrogen-bond donors (Lipinski definition) is 1. The van der Waals surface area contributed by atoms with Gasteiger partial charge in [-0.15, -0.1) is 0 Å². The van der Waals surface area contributed by atoms with E-state index in [0.717, 1.165) is 18.6 Å². The molecule has 1 amide bonds. The first-order valence-electron chi connectivity index (χ1n) is 4.81. The van der Waals surface area contributed by atoms with Gasteiger partial charge >= 0.3 is 0 Å². The first-order valence-corrected chi connectivity index (χ1v) is 4.81. The molecule has 0 bridgehead atoms. The van der Waals surface area contributed by atoms with Gasteiger partial charge in [-0.25, -0.2) is 0 Å². The first kappa shape index (κ1) is 11.3. The van der Waals surface area contributed by atoms with E-state index in [2.05, 4.69) is 0 Å².